The van der Waals surface area contributed by atoms with E-state index in [2.05, 4.69) is 11.4 Å². The minimum Gasteiger partial charge on any atom is -0.371 e. The van der Waals surface area contributed by atoms with Crippen LogP contribution in [0.25, 0.3) is 0 Å². The summed E-state index contributed by atoms with van der Waals surface area (Å²) in [7, 11) is 3.31. The molecule has 0 aromatic heterocycles. The van der Waals surface area contributed by atoms with Crippen LogP contribution in [0.15, 0.2) is 42.5 Å². The molecule has 2 bridgehead atoms. The van der Waals surface area contributed by atoms with Gasteiger partial charge in [-0.3, -0.25) is 14.4 Å². The summed E-state index contributed by atoms with van der Waals surface area (Å²) in [6.07, 6.45) is 8.74. The molecule has 2 aliphatic rings. The molecule has 0 aliphatic carbocycles. The largest absolute Gasteiger partial charge is 0.371 e. The number of nitrogens with zero attached hydrogens (tertiary/aromatic N) is 2. The summed E-state index contributed by atoms with van der Waals surface area (Å²) in [5, 5.41) is 13.7. The van der Waals surface area contributed by atoms with E-state index in [1.165, 1.54) is 4.90 Å². The zero-order valence-electron chi connectivity index (χ0n) is 22.2. The Labute approximate surface area is 215 Å². The van der Waals surface area contributed by atoms with Gasteiger partial charge in [-0.15, -0.1) is 0 Å². The quantitative estimate of drug-likeness (QED) is 0.623. The molecule has 2 N–H and O–H groups in total. The van der Waals surface area contributed by atoms with E-state index in [1.807, 2.05) is 50.3 Å². The zero-order chi connectivity index (χ0) is 26.2. The highest BCUT2D eigenvalue weighted by Crippen LogP contribution is 2.26. The van der Waals surface area contributed by atoms with Gasteiger partial charge >= 0.3 is 0 Å². The van der Waals surface area contributed by atoms with E-state index in [1.54, 1.807) is 19.0 Å². The second-order valence-electron chi connectivity index (χ2n) is 10.9. The number of allylic oxidation sites excluding steroid dienone is 2. The SMILES string of the molecule is CC(C)C[C@H]1C(=O)NC2CC(C/C=C/CCCCC(Cc3ccccc3)C(=O)N1C)C(=O)N(C)C2O. The van der Waals surface area contributed by atoms with Gasteiger partial charge in [-0.1, -0.05) is 62.8 Å². The maximum absolute atomic E-state index is 13.8. The van der Waals surface area contributed by atoms with Crippen molar-refractivity contribution in [1.29, 1.82) is 0 Å². The fourth-order valence-corrected chi connectivity index (χ4v) is 5.40. The molecule has 198 valence electrons. The molecule has 4 unspecified atom stereocenters. The van der Waals surface area contributed by atoms with E-state index in [0.29, 0.717) is 25.7 Å². The van der Waals surface area contributed by atoms with Crippen LogP contribution in [0.3, 0.4) is 0 Å². The molecule has 3 amide bonds. The first-order valence-corrected chi connectivity index (χ1v) is 13.4. The van der Waals surface area contributed by atoms with Crippen LogP contribution >= 0.6 is 0 Å². The maximum Gasteiger partial charge on any atom is 0.243 e. The molecule has 3 rings (SSSR count). The minimum atomic E-state index is -1.09. The molecule has 1 saturated heterocycles. The summed E-state index contributed by atoms with van der Waals surface area (Å²) in [5.74, 6) is -0.680. The Morgan fingerprint density at radius 2 is 1.72 bits per heavy atom. The van der Waals surface area contributed by atoms with Crippen molar-refractivity contribution in [2.45, 2.75) is 83.5 Å². The Kier molecular flexibility index (Phi) is 10.1. The van der Waals surface area contributed by atoms with E-state index in [0.717, 1.165) is 31.2 Å². The van der Waals surface area contributed by atoms with Crippen LogP contribution in [0.4, 0.5) is 0 Å². The summed E-state index contributed by atoms with van der Waals surface area (Å²) in [6, 6.07) is 8.83. The molecular weight excluding hydrogens is 454 g/mol. The number of fused-ring (bicyclic) bond motifs is 2. The standard InChI is InChI=1S/C29H43N3O4/c1-20(2)17-25-26(33)30-24-19-23(28(35)32(4)29(24)36)16-12-7-5-6-11-15-22(27(34)31(25)3)18-21-13-9-8-10-14-21/h7-10,12-14,20,22-25,29,36H,5-6,11,15-19H2,1-4H3,(H,30,33)/b12-7+/t22?,23?,24?,25-,29?/m0/s1. The molecule has 1 aromatic rings. The molecule has 2 aliphatic heterocycles. The van der Waals surface area contributed by atoms with Crippen molar-refractivity contribution >= 4 is 17.7 Å². The van der Waals surface area contributed by atoms with E-state index < -0.39 is 18.3 Å². The molecule has 1 aromatic carbocycles. The topological polar surface area (TPSA) is 90.0 Å². The van der Waals surface area contributed by atoms with Crippen molar-refractivity contribution in [3.05, 3.63) is 48.0 Å². The fraction of sp³-hybridized carbons (Fsp3) is 0.621. The van der Waals surface area contributed by atoms with Crippen LogP contribution in [0.1, 0.15) is 64.4 Å². The van der Waals surface area contributed by atoms with Crippen LogP contribution in [0, 0.1) is 17.8 Å². The van der Waals surface area contributed by atoms with Crippen molar-refractivity contribution in [3.63, 3.8) is 0 Å². The van der Waals surface area contributed by atoms with Gasteiger partial charge in [0.05, 0.1) is 6.04 Å². The molecule has 7 nitrogen and oxygen atoms in total. The normalized spacial score (nSPS) is 29.8. The first-order chi connectivity index (χ1) is 17.2. The number of likely N-dealkylation sites (tertiary alicyclic amines) is 1. The predicted molar refractivity (Wildman–Crippen MR) is 141 cm³/mol. The van der Waals surface area contributed by atoms with Crippen molar-refractivity contribution in [2.24, 2.45) is 17.8 Å². The molecule has 0 spiro atoms. The van der Waals surface area contributed by atoms with Crippen LogP contribution in [-0.2, 0) is 20.8 Å². The second-order valence-corrected chi connectivity index (χ2v) is 10.9. The van der Waals surface area contributed by atoms with Gasteiger partial charge in [-0.05, 0) is 56.4 Å². The molecule has 0 radical (unpaired) electrons. The van der Waals surface area contributed by atoms with Gasteiger partial charge in [-0.2, -0.15) is 0 Å². The number of hydrogen-bond acceptors (Lipinski definition) is 4. The second kappa shape index (κ2) is 13.0. The first kappa shape index (κ1) is 27.9. The highest BCUT2D eigenvalue weighted by molar-refractivity contribution is 5.89. The van der Waals surface area contributed by atoms with E-state index in [-0.39, 0.29) is 35.5 Å². The van der Waals surface area contributed by atoms with Gasteiger partial charge in [0.1, 0.15) is 12.3 Å². The lowest BCUT2D eigenvalue weighted by atomic mass is 9.88. The number of hydrogen-bond donors (Lipinski definition) is 2. The van der Waals surface area contributed by atoms with Crippen molar-refractivity contribution in [2.75, 3.05) is 14.1 Å². The molecule has 36 heavy (non-hydrogen) atoms. The highest BCUT2D eigenvalue weighted by atomic mass is 16.3. The molecule has 2 heterocycles. The Balaban J connectivity index is 1.89. The molecule has 5 atom stereocenters. The minimum absolute atomic E-state index is 0.0170. The summed E-state index contributed by atoms with van der Waals surface area (Å²) < 4.78 is 0. The number of benzene rings is 1. The van der Waals surface area contributed by atoms with Gasteiger partial charge < -0.3 is 20.2 Å². The fourth-order valence-electron chi connectivity index (χ4n) is 5.40. The molecular formula is C29H43N3O4. The third kappa shape index (κ3) is 7.19. The maximum atomic E-state index is 13.8. The Morgan fingerprint density at radius 3 is 2.42 bits per heavy atom. The first-order valence-electron chi connectivity index (χ1n) is 13.4. The van der Waals surface area contributed by atoms with Gasteiger partial charge in [0.25, 0.3) is 0 Å². The van der Waals surface area contributed by atoms with Gasteiger partial charge in [0.15, 0.2) is 0 Å². The molecule has 0 saturated carbocycles. The number of amides is 3. The molecule has 1 fully saturated rings. The van der Waals surface area contributed by atoms with Gasteiger partial charge in [0, 0.05) is 25.9 Å². The van der Waals surface area contributed by atoms with Crippen LogP contribution in [0.5, 0.6) is 0 Å². The van der Waals surface area contributed by atoms with Crippen molar-refractivity contribution < 1.29 is 19.5 Å². The monoisotopic (exact) mass is 497 g/mol. The number of nitrogens with one attached hydrogen (secondary N) is 1. The lowest BCUT2D eigenvalue weighted by Crippen LogP contribution is -2.61. The number of carbonyl (C=O) groups is 3. The Hall–Kier alpha value is -2.67. The van der Waals surface area contributed by atoms with Crippen LogP contribution in [-0.4, -0.2) is 65.0 Å². The molecule has 7 heteroatoms. The van der Waals surface area contributed by atoms with Gasteiger partial charge in [0.2, 0.25) is 17.7 Å². The average molecular weight is 498 g/mol. The van der Waals surface area contributed by atoms with Gasteiger partial charge in [-0.25, -0.2) is 0 Å². The third-order valence-corrected chi connectivity index (χ3v) is 7.57. The lowest BCUT2D eigenvalue weighted by molar-refractivity contribution is -0.155. The average Bonchev–Trinajstić information content (AvgIpc) is 2.86. The number of aliphatic hydroxyl groups excluding tert-OH is 1. The Bertz CT molecular complexity index is 916. The predicted octanol–water partition coefficient (Wildman–Crippen LogP) is 3.52. The third-order valence-electron chi connectivity index (χ3n) is 7.57. The van der Waals surface area contributed by atoms with Crippen molar-refractivity contribution in [3.8, 4) is 0 Å². The highest BCUT2D eigenvalue weighted by Gasteiger charge is 2.41. The number of rotatable bonds is 4. The van der Waals surface area contributed by atoms with Crippen LogP contribution < -0.4 is 5.32 Å². The van der Waals surface area contributed by atoms with Crippen molar-refractivity contribution in [1.82, 2.24) is 15.1 Å². The summed E-state index contributed by atoms with van der Waals surface area (Å²) >= 11 is 0. The number of carbonyl (C=O) groups excluding carboxylic acids is 3. The smallest absolute Gasteiger partial charge is 0.243 e. The number of likely N-dealkylation sites (N-methyl/N-ethyl adjacent to an activating group) is 2. The van der Waals surface area contributed by atoms with E-state index >= 15 is 0 Å². The number of aliphatic hydroxyl groups is 1. The van der Waals surface area contributed by atoms with E-state index in [4.69, 9.17) is 0 Å². The Morgan fingerprint density at radius 1 is 1.00 bits per heavy atom. The summed E-state index contributed by atoms with van der Waals surface area (Å²) in [6.45, 7) is 4.08. The van der Waals surface area contributed by atoms with Crippen LogP contribution in [0.2, 0.25) is 0 Å². The summed E-state index contributed by atoms with van der Waals surface area (Å²) in [4.78, 5) is 43.0. The zero-order valence-corrected chi connectivity index (χ0v) is 22.2. The number of piperidine rings is 1. The van der Waals surface area contributed by atoms with E-state index in [9.17, 15) is 19.5 Å². The summed E-state index contributed by atoms with van der Waals surface area (Å²) in [5.41, 5.74) is 1.12. The lowest BCUT2D eigenvalue weighted by Gasteiger charge is -2.41.